The third-order valence-electron chi connectivity index (χ3n) is 4.24. The third-order valence-corrected chi connectivity index (χ3v) is 5.25. The summed E-state index contributed by atoms with van der Waals surface area (Å²) in [6.07, 6.45) is 3.83. The van der Waals surface area contributed by atoms with Gasteiger partial charge in [-0.25, -0.2) is 9.37 Å². The molecule has 1 aliphatic rings. The second kappa shape index (κ2) is 6.25. The van der Waals surface area contributed by atoms with Crippen LogP contribution in [0.3, 0.4) is 0 Å². The number of halogens is 2. The molecule has 1 aromatic carbocycles. The predicted molar refractivity (Wildman–Crippen MR) is 94.9 cm³/mol. The molecule has 0 aliphatic carbocycles. The second-order valence-electron chi connectivity index (χ2n) is 6.23. The van der Waals surface area contributed by atoms with Gasteiger partial charge in [-0.15, -0.1) is 0 Å². The SMILES string of the molecule is CSCC1CN(c2c(F)cc(C(C)C)c3cc(Cl)ncc23)C1. The first-order valence-electron chi connectivity index (χ1n) is 7.52. The summed E-state index contributed by atoms with van der Waals surface area (Å²) in [4.78, 5) is 6.30. The lowest BCUT2D eigenvalue weighted by atomic mass is 9.93. The summed E-state index contributed by atoms with van der Waals surface area (Å²) in [6.45, 7) is 5.97. The summed E-state index contributed by atoms with van der Waals surface area (Å²) in [5.41, 5.74) is 1.67. The average molecular weight is 339 g/mol. The van der Waals surface area contributed by atoms with Gasteiger partial charge in [0.2, 0.25) is 0 Å². The molecule has 0 radical (unpaired) electrons. The van der Waals surface area contributed by atoms with Crippen molar-refractivity contribution in [3.05, 3.63) is 34.9 Å². The van der Waals surface area contributed by atoms with Gasteiger partial charge in [-0.3, -0.25) is 0 Å². The highest BCUT2D eigenvalue weighted by molar-refractivity contribution is 7.98. The van der Waals surface area contributed by atoms with Crippen molar-refractivity contribution in [1.82, 2.24) is 4.98 Å². The zero-order valence-corrected chi connectivity index (χ0v) is 14.6. The Labute approximate surface area is 140 Å². The number of fused-ring (bicyclic) bond motifs is 1. The van der Waals surface area contributed by atoms with Gasteiger partial charge in [0.25, 0.3) is 0 Å². The molecule has 3 rings (SSSR count). The van der Waals surface area contributed by atoms with Crippen LogP contribution in [0.25, 0.3) is 10.8 Å². The lowest BCUT2D eigenvalue weighted by Gasteiger charge is -2.41. The van der Waals surface area contributed by atoms with E-state index in [0.717, 1.165) is 35.2 Å². The second-order valence-corrected chi connectivity index (χ2v) is 7.53. The van der Waals surface area contributed by atoms with Crippen molar-refractivity contribution in [3.63, 3.8) is 0 Å². The Kier molecular flexibility index (Phi) is 4.51. The number of thioether (sulfide) groups is 1. The molecule has 0 N–H and O–H groups in total. The number of aromatic nitrogens is 1. The van der Waals surface area contributed by atoms with E-state index in [9.17, 15) is 4.39 Å². The van der Waals surface area contributed by atoms with E-state index in [2.05, 4.69) is 30.0 Å². The van der Waals surface area contributed by atoms with Crippen LogP contribution in [0.15, 0.2) is 18.3 Å². The van der Waals surface area contributed by atoms with Crippen LogP contribution in [0.5, 0.6) is 0 Å². The predicted octanol–water partition coefficient (Wildman–Crippen LogP) is 4.95. The van der Waals surface area contributed by atoms with Crippen LogP contribution in [-0.2, 0) is 0 Å². The van der Waals surface area contributed by atoms with E-state index in [1.165, 1.54) is 0 Å². The molecule has 0 amide bonds. The van der Waals surface area contributed by atoms with Gasteiger partial charge in [-0.2, -0.15) is 11.8 Å². The molecule has 1 fully saturated rings. The molecule has 1 aliphatic heterocycles. The monoisotopic (exact) mass is 338 g/mol. The van der Waals surface area contributed by atoms with Gasteiger partial charge in [-0.1, -0.05) is 25.4 Å². The highest BCUT2D eigenvalue weighted by Crippen LogP contribution is 2.39. The smallest absolute Gasteiger partial charge is 0.147 e. The zero-order valence-electron chi connectivity index (χ0n) is 13.1. The Morgan fingerprint density at radius 3 is 2.73 bits per heavy atom. The summed E-state index contributed by atoms with van der Waals surface area (Å²) in [6, 6.07) is 3.52. The van der Waals surface area contributed by atoms with Crippen molar-refractivity contribution in [1.29, 1.82) is 0 Å². The van der Waals surface area contributed by atoms with Gasteiger partial charge in [0.1, 0.15) is 11.0 Å². The Balaban J connectivity index is 2.08. The molecule has 0 bridgehead atoms. The van der Waals surface area contributed by atoms with Gasteiger partial charge in [0.05, 0.1) is 5.69 Å². The first kappa shape index (κ1) is 15.9. The number of nitrogens with zero attached hydrogens (tertiary/aromatic N) is 2. The zero-order chi connectivity index (χ0) is 15.9. The van der Waals surface area contributed by atoms with Gasteiger partial charge < -0.3 is 4.90 Å². The summed E-state index contributed by atoms with van der Waals surface area (Å²) in [5, 5.41) is 2.34. The van der Waals surface area contributed by atoms with Crippen molar-refractivity contribution in [2.45, 2.75) is 19.8 Å². The number of anilines is 1. The molecule has 1 aromatic heterocycles. The number of pyridine rings is 1. The largest absolute Gasteiger partial charge is 0.368 e. The Hall–Kier alpha value is -1.00. The first-order chi connectivity index (χ1) is 10.5. The molecule has 0 saturated carbocycles. The standard InChI is InChI=1S/C17H20ClFN2S/c1-10(2)12-4-15(19)17(21-7-11(8-21)9-22-3)14-6-20-16(18)5-13(12)14/h4-6,10-11H,7-9H2,1-3H3. The van der Waals surface area contributed by atoms with Crippen molar-refractivity contribution in [2.24, 2.45) is 5.92 Å². The highest BCUT2D eigenvalue weighted by atomic mass is 35.5. The molecule has 22 heavy (non-hydrogen) atoms. The molecule has 2 aromatic rings. The molecule has 2 heterocycles. The van der Waals surface area contributed by atoms with E-state index in [0.29, 0.717) is 16.8 Å². The van der Waals surface area contributed by atoms with Gasteiger partial charge in [-0.05, 0) is 41.0 Å². The molecule has 1 saturated heterocycles. The van der Waals surface area contributed by atoms with Gasteiger partial charge in [0, 0.05) is 30.6 Å². The van der Waals surface area contributed by atoms with E-state index in [1.807, 2.05) is 17.8 Å². The van der Waals surface area contributed by atoms with E-state index in [4.69, 9.17) is 11.6 Å². The fourth-order valence-corrected chi connectivity index (χ4v) is 4.00. The number of benzene rings is 1. The molecule has 5 heteroatoms. The number of hydrogen-bond acceptors (Lipinski definition) is 3. The van der Waals surface area contributed by atoms with E-state index >= 15 is 0 Å². The van der Waals surface area contributed by atoms with Crippen LogP contribution < -0.4 is 4.90 Å². The van der Waals surface area contributed by atoms with Gasteiger partial charge >= 0.3 is 0 Å². The summed E-state index contributed by atoms with van der Waals surface area (Å²) < 4.78 is 14.7. The topological polar surface area (TPSA) is 16.1 Å². The minimum Gasteiger partial charge on any atom is -0.368 e. The van der Waals surface area contributed by atoms with Gasteiger partial charge in [0.15, 0.2) is 0 Å². The third kappa shape index (κ3) is 2.79. The van der Waals surface area contributed by atoms with Crippen LogP contribution in [0.2, 0.25) is 5.15 Å². The quantitative estimate of drug-likeness (QED) is 0.734. The first-order valence-corrected chi connectivity index (χ1v) is 9.30. The van der Waals surface area contributed by atoms with Crippen LogP contribution in [-0.4, -0.2) is 30.1 Å². The Morgan fingerprint density at radius 1 is 1.36 bits per heavy atom. The maximum atomic E-state index is 14.7. The molecule has 118 valence electrons. The van der Waals surface area contributed by atoms with Crippen molar-refractivity contribution in [3.8, 4) is 0 Å². The minimum atomic E-state index is -0.150. The summed E-state index contributed by atoms with van der Waals surface area (Å²) >= 11 is 7.91. The highest BCUT2D eigenvalue weighted by Gasteiger charge is 2.30. The molecule has 0 spiro atoms. The molecule has 0 atom stereocenters. The molecular formula is C17H20ClFN2S. The van der Waals surface area contributed by atoms with Crippen LogP contribution >= 0.6 is 23.4 Å². The molecule has 2 nitrogen and oxygen atoms in total. The van der Waals surface area contributed by atoms with Crippen LogP contribution in [0.4, 0.5) is 10.1 Å². The van der Waals surface area contributed by atoms with E-state index < -0.39 is 0 Å². The minimum absolute atomic E-state index is 0.150. The average Bonchev–Trinajstić information content (AvgIpc) is 2.43. The van der Waals surface area contributed by atoms with Crippen molar-refractivity contribution >= 4 is 39.8 Å². The Bertz CT molecular complexity index is 699. The maximum absolute atomic E-state index is 14.7. The van der Waals surface area contributed by atoms with Crippen molar-refractivity contribution < 1.29 is 4.39 Å². The summed E-state index contributed by atoms with van der Waals surface area (Å²) in [7, 11) is 0. The van der Waals surface area contributed by atoms with Crippen molar-refractivity contribution in [2.75, 3.05) is 30.0 Å². The van der Waals surface area contributed by atoms with E-state index in [1.54, 1.807) is 12.3 Å². The summed E-state index contributed by atoms with van der Waals surface area (Å²) in [5.74, 6) is 1.87. The van der Waals surface area contributed by atoms with Crippen LogP contribution in [0, 0.1) is 11.7 Å². The number of rotatable bonds is 4. The fraction of sp³-hybridized carbons (Fsp3) is 0.471. The normalized spacial score (nSPS) is 15.6. The lowest BCUT2D eigenvalue weighted by Crippen LogP contribution is -2.48. The lowest BCUT2D eigenvalue weighted by molar-refractivity contribution is 0.448. The fourth-order valence-electron chi connectivity index (χ4n) is 3.16. The maximum Gasteiger partial charge on any atom is 0.147 e. The molecule has 0 unspecified atom stereocenters. The number of hydrogen-bond donors (Lipinski definition) is 0. The Morgan fingerprint density at radius 2 is 2.09 bits per heavy atom. The van der Waals surface area contributed by atoms with E-state index in [-0.39, 0.29) is 11.7 Å². The molecular weight excluding hydrogens is 319 g/mol. The van der Waals surface area contributed by atoms with Crippen LogP contribution in [0.1, 0.15) is 25.3 Å².